The molecule has 0 atom stereocenters. The Morgan fingerprint density at radius 1 is 1.37 bits per heavy atom. The van der Waals surface area contributed by atoms with E-state index in [1.54, 1.807) is 11.3 Å². The fourth-order valence-corrected chi connectivity index (χ4v) is 2.62. The molecule has 1 aromatic heterocycles. The largest absolute Gasteiger partial charge is 0.444 e. The van der Waals surface area contributed by atoms with E-state index >= 15 is 0 Å². The van der Waals surface area contributed by atoms with Gasteiger partial charge in [0.15, 0.2) is 0 Å². The van der Waals surface area contributed by atoms with Crippen LogP contribution in [0.1, 0.15) is 25.6 Å². The zero-order valence-corrected chi connectivity index (χ0v) is 12.1. The highest BCUT2D eigenvalue weighted by atomic mass is 32.1. The number of nitrogens with two attached hydrogens (primary N) is 1. The maximum Gasteiger partial charge on any atom is 0.412 e. The summed E-state index contributed by atoms with van der Waals surface area (Å²) in [6.45, 7) is 6.04. The number of anilines is 1. The van der Waals surface area contributed by atoms with Gasteiger partial charge in [0.25, 0.3) is 0 Å². The Balaban J connectivity index is 2.15. The van der Waals surface area contributed by atoms with Crippen molar-refractivity contribution in [2.75, 3.05) is 5.32 Å². The third-order valence-electron chi connectivity index (χ3n) is 2.41. The van der Waals surface area contributed by atoms with Gasteiger partial charge in [-0.3, -0.25) is 5.32 Å². The molecule has 0 bridgehead atoms. The summed E-state index contributed by atoms with van der Waals surface area (Å²) in [4.78, 5) is 12.8. The third-order valence-corrected chi connectivity index (χ3v) is 3.55. The molecule has 1 amide bonds. The smallest absolute Gasteiger partial charge is 0.412 e. The second-order valence-electron chi connectivity index (χ2n) is 5.30. The van der Waals surface area contributed by atoms with Gasteiger partial charge in [-0.05, 0) is 50.4 Å². The van der Waals surface area contributed by atoms with E-state index in [1.807, 2.05) is 45.0 Å². The van der Waals surface area contributed by atoms with E-state index in [4.69, 9.17) is 10.5 Å². The lowest BCUT2D eigenvalue weighted by molar-refractivity contribution is 0.0636. The number of amides is 1. The number of fused-ring (bicyclic) bond motifs is 1. The minimum absolute atomic E-state index is 0.443. The molecule has 2 aromatic rings. The second-order valence-corrected chi connectivity index (χ2v) is 6.46. The number of ether oxygens (including phenoxy) is 1. The summed E-state index contributed by atoms with van der Waals surface area (Å²) in [7, 11) is 0. The number of nitrogens with one attached hydrogen (secondary N) is 1. The molecule has 19 heavy (non-hydrogen) atoms. The highest BCUT2D eigenvalue weighted by Gasteiger charge is 2.16. The van der Waals surface area contributed by atoms with Gasteiger partial charge in [-0.25, -0.2) is 4.79 Å². The van der Waals surface area contributed by atoms with Crippen molar-refractivity contribution in [1.29, 1.82) is 0 Å². The van der Waals surface area contributed by atoms with Gasteiger partial charge in [-0.2, -0.15) is 0 Å². The molecule has 0 radical (unpaired) electrons. The topological polar surface area (TPSA) is 64.3 Å². The summed E-state index contributed by atoms with van der Waals surface area (Å²) in [5, 5.41) is 3.81. The first-order valence-corrected chi connectivity index (χ1v) is 6.91. The maximum atomic E-state index is 11.7. The summed E-state index contributed by atoms with van der Waals surface area (Å²) in [5.41, 5.74) is 5.85. The Hall–Kier alpha value is -1.59. The summed E-state index contributed by atoms with van der Waals surface area (Å²) in [6, 6.07) is 7.81. The summed E-state index contributed by atoms with van der Waals surface area (Å²) in [5.74, 6) is 0. The molecule has 1 aromatic carbocycles. The van der Waals surface area contributed by atoms with Gasteiger partial charge in [0.1, 0.15) is 5.60 Å². The molecule has 5 heteroatoms. The molecular formula is C14H18N2O2S. The van der Waals surface area contributed by atoms with Gasteiger partial charge in [-0.15, -0.1) is 11.3 Å². The molecule has 0 aliphatic rings. The monoisotopic (exact) mass is 278 g/mol. The Morgan fingerprint density at radius 3 is 2.74 bits per heavy atom. The predicted octanol–water partition coefficient (Wildman–Crippen LogP) is 3.71. The number of rotatable bonds is 2. The third kappa shape index (κ3) is 3.68. The Kier molecular flexibility index (Phi) is 3.78. The van der Waals surface area contributed by atoms with Crippen LogP contribution in [0.2, 0.25) is 0 Å². The van der Waals surface area contributed by atoms with Crippen LogP contribution in [0.15, 0.2) is 24.3 Å². The normalized spacial score (nSPS) is 11.6. The van der Waals surface area contributed by atoms with Crippen molar-refractivity contribution in [1.82, 2.24) is 0 Å². The molecule has 0 fully saturated rings. The van der Waals surface area contributed by atoms with Crippen LogP contribution in [-0.4, -0.2) is 11.7 Å². The lowest BCUT2D eigenvalue weighted by atomic mass is 10.2. The number of benzene rings is 1. The maximum absolute atomic E-state index is 11.7. The minimum atomic E-state index is -0.497. The van der Waals surface area contributed by atoms with Crippen LogP contribution in [0.25, 0.3) is 10.1 Å². The van der Waals surface area contributed by atoms with Crippen molar-refractivity contribution in [2.24, 2.45) is 5.73 Å². The van der Waals surface area contributed by atoms with Crippen molar-refractivity contribution < 1.29 is 9.53 Å². The average molecular weight is 278 g/mol. The quantitative estimate of drug-likeness (QED) is 0.880. The van der Waals surface area contributed by atoms with E-state index in [1.165, 1.54) is 0 Å². The summed E-state index contributed by atoms with van der Waals surface area (Å²) >= 11 is 1.67. The SMILES string of the molecule is CC(C)(C)OC(=O)Nc1ccc2sc(CN)cc2c1. The first kappa shape index (κ1) is 13.8. The molecule has 0 spiro atoms. The number of hydrogen-bond acceptors (Lipinski definition) is 4. The second kappa shape index (κ2) is 5.19. The van der Waals surface area contributed by atoms with Crippen LogP contribution in [-0.2, 0) is 11.3 Å². The Morgan fingerprint density at radius 2 is 2.11 bits per heavy atom. The molecular weight excluding hydrogens is 260 g/mol. The molecule has 0 aliphatic carbocycles. The number of thiophene rings is 1. The van der Waals surface area contributed by atoms with Gasteiger partial charge < -0.3 is 10.5 Å². The van der Waals surface area contributed by atoms with E-state index in [-0.39, 0.29) is 0 Å². The van der Waals surface area contributed by atoms with Crippen molar-refractivity contribution >= 4 is 33.2 Å². The molecule has 1 heterocycles. The average Bonchev–Trinajstić information content (AvgIpc) is 2.68. The molecule has 0 saturated carbocycles. The minimum Gasteiger partial charge on any atom is -0.444 e. The van der Waals surface area contributed by atoms with Gasteiger partial charge >= 0.3 is 6.09 Å². The highest BCUT2D eigenvalue weighted by Crippen LogP contribution is 2.28. The van der Waals surface area contributed by atoms with Crippen molar-refractivity contribution in [3.05, 3.63) is 29.1 Å². The van der Waals surface area contributed by atoms with Gasteiger partial charge in [0.05, 0.1) is 0 Å². The van der Waals surface area contributed by atoms with Crippen molar-refractivity contribution in [3.63, 3.8) is 0 Å². The molecule has 0 unspecified atom stereocenters. The standard InChI is InChI=1S/C14H18N2O2S/c1-14(2,3)18-13(17)16-10-4-5-12-9(6-10)7-11(8-15)19-12/h4-7H,8,15H2,1-3H3,(H,16,17). The van der Waals surface area contributed by atoms with Crippen LogP contribution in [0, 0.1) is 0 Å². The van der Waals surface area contributed by atoms with Gasteiger partial charge in [0, 0.05) is 21.8 Å². The lowest BCUT2D eigenvalue weighted by Crippen LogP contribution is -2.27. The van der Waals surface area contributed by atoms with E-state index in [9.17, 15) is 4.79 Å². The van der Waals surface area contributed by atoms with E-state index in [0.717, 1.165) is 20.7 Å². The van der Waals surface area contributed by atoms with Gasteiger partial charge in [-0.1, -0.05) is 0 Å². The molecule has 2 rings (SSSR count). The number of hydrogen-bond donors (Lipinski definition) is 2. The van der Waals surface area contributed by atoms with Crippen molar-refractivity contribution in [3.8, 4) is 0 Å². The van der Waals surface area contributed by atoms with Crippen LogP contribution in [0.5, 0.6) is 0 Å². The first-order chi connectivity index (χ1) is 8.87. The lowest BCUT2D eigenvalue weighted by Gasteiger charge is -2.19. The molecule has 4 nitrogen and oxygen atoms in total. The Labute approximate surface area is 116 Å². The molecule has 0 saturated heterocycles. The fraction of sp³-hybridized carbons (Fsp3) is 0.357. The number of carbonyl (C=O) groups is 1. The van der Waals surface area contributed by atoms with Crippen LogP contribution < -0.4 is 11.1 Å². The highest BCUT2D eigenvalue weighted by molar-refractivity contribution is 7.19. The predicted molar refractivity (Wildman–Crippen MR) is 79.6 cm³/mol. The molecule has 3 N–H and O–H groups in total. The van der Waals surface area contributed by atoms with Crippen LogP contribution in [0.4, 0.5) is 10.5 Å². The zero-order valence-electron chi connectivity index (χ0n) is 11.3. The van der Waals surface area contributed by atoms with Crippen molar-refractivity contribution in [2.45, 2.75) is 32.9 Å². The van der Waals surface area contributed by atoms with Gasteiger partial charge in [0.2, 0.25) is 0 Å². The molecule has 0 aliphatic heterocycles. The summed E-state index contributed by atoms with van der Waals surface area (Å²) in [6.07, 6.45) is -0.443. The van der Waals surface area contributed by atoms with Crippen LogP contribution in [0.3, 0.4) is 0 Å². The van der Waals surface area contributed by atoms with E-state index < -0.39 is 11.7 Å². The zero-order chi connectivity index (χ0) is 14.0. The summed E-state index contributed by atoms with van der Waals surface area (Å²) < 4.78 is 6.37. The van der Waals surface area contributed by atoms with E-state index in [0.29, 0.717) is 6.54 Å². The Bertz CT molecular complexity index is 599. The first-order valence-electron chi connectivity index (χ1n) is 6.10. The van der Waals surface area contributed by atoms with E-state index in [2.05, 4.69) is 5.32 Å². The molecule has 102 valence electrons. The van der Waals surface area contributed by atoms with Crippen LogP contribution >= 0.6 is 11.3 Å². The fourth-order valence-electron chi connectivity index (χ4n) is 1.70. The number of carbonyl (C=O) groups excluding carboxylic acids is 1.